The number of carboxylic acids is 1. The van der Waals surface area contributed by atoms with Gasteiger partial charge in [-0.15, -0.1) is 0 Å². The van der Waals surface area contributed by atoms with Crippen molar-refractivity contribution in [3.8, 4) is 5.75 Å². The van der Waals surface area contributed by atoms with Gasteiger partial charge in [0, 0.05) is 12.8 Å². The third kappa shape index (κ3) is 4.87. The molecule has 0 radical (unpaired) electrons. The number of hydrogen-bond donors (Lipinski definition) is 2. The number of nitrogens with one attached hydrogen (secondary N) is 1. The SMILES string of the molecule is CCC(NC(=O)CCC(=O)c1cc(C)ccc1OC)C(=O)O. The minimum atomic E-state index is -1.08. The lowest BCUT2D eigenvalue weighted by Crippen LogP contribution is -2.40. The van der Waals surface area contributed by atoms with Gasteiger partial charge in [0.15, 0.2) is 5.78 Å². The number of rotatable bonds is 8. The number of aliphatic carboxylic acids is 1. The van der Waals surface area contributed by atoms with E-state index in [-0.39, 0.29) is 18.6 Å². The smallest absolute Gasteiger partial charge is 0.326 e. The molecule has 6 heteroatoms. The predicted octanol–water partition coefficient (Wildman–Crippen LogP) is 1.95. The first-order valence-electron chi connectivity index (χ1n) is 7.09. The molecule has 0 aromatic heterocycles. The lowest BCUT2D eigenvalue weighted by atomic mass is 10.0. The van der Waals surface area contributed by atoms with Gasteiger partial charge in [0.05, 0.1) is 12.7 Å². The molecule has 0 saturated heterocycles. The average molecular weight is 307 g/mol. The topological polar surface area (TPSA) is 92.7 Å². The number of hydrogen-bond acceptors (Lipinski definition) is 4. The molecule has 1 aromatic carbocycles. The minimum absolute atomic E-state index is 0.00169. The second-order valence-corrected chi connectivity index (χ2v) is 4.99. The van der Waals surface area contributed by atoms with Crippen molar-refractivity contribution in [1.29, 1.82) is 0 Å². The van der Waals surface area contributed by atoms with Crippen molar-refractivity contribution in [2.75, 3.05) is 7.11 Å². The van der Waals surface area contributed by atoms with E-state index in [4.69, 9.17) is 9.84 Å². The van der Waals surface area contributed by atoms with E-state index in [2.05, 4.69) is 5.32 Å². The lowest BCUT2D eigenvalue weighted by molar-refractivity contribution is -0.141. The molecular weight excluding hydrogens is 286 g/mol. The van der Waals surface area contributed by atoms with Crippen LogP contribution in [0.15, 0.2) is 18.2 Å². The number of benzene rings is 1. The monoisotopic (exact) mass is 307 g/mol. The molecule has 0 aliphatic carbocycles. The highest BCUT2D eigenvalue weighted by Crippen LogP contribution is 2.21. The number of Topliss-reactive ketones (excluding diaryl/α,β-unsaturated/α-hetero) is 1. The molecule has 2 N–H and O–H groups in total. The van der Waals surface area contributed by atoms with Crippen LogP contribution in [-0.4, -0.2) is 35.9 Å². The number of carbonyl (C=O) groups is 3. The summed E-state index contributed by atoms with van der Waals surface area (Å²) in [6.45, 7) is 3.53. The summed E-state index contributed by atoms with van der Waals surface area (Å²) in [6.07, 6.45) is 0.238. The summed E-state index contributed by atoms with van der Waals surface area (Å²) in [4.78, 5) is 34.8. The Bertz CT molecular complexity index is 568. The van der Waals surface area contributed by atoms with Gasteiger partial charge < -0.3 is 15.2 Å². The van der Waals surface area contributed by atoms with Crippen molar-refractivity contribution in [3.05, 3.63) is 29.3 Å². The molecule has 0 bridgehead atoms. The number of ketones is 1. The van der Waals surface area contributed by atoms with E-state index < -0.39 is 17.9 Å². The highest BCUT2D eigenvalue weighted by atomic mass is 16.5. The van der Waals surface area contributed by atoms with Crippen LogP contribution in [0.25, 0.3) is 0 Å². The normalized spacial score (nSPS) is 11.6. The predicted molar refractivity (Wildman–Crippen MR) is 81.2 cm³/mol. The van der Waals surface area contributed by atoms with Gasteiger partial charge in [-0.2, -0.15) is 0 Å². The van der Waals surface area contributed by atoms with E-state index in [1.54, 1.807) is 19.1 Å². The summed E-state index contributed by atoms with van der Waals surface area (Å²) in [6, 6.07) is 4.34. The highest BCUT2D eigenvalue weighted by Gasteiger charge is 2.19. The van der Waals surface area contributed by atoms with Crippen molar-refractivity contribution in [3.63, 3.8) is 0 Å². The van der Waals surface area contributed by atoms with Gasteiger partial charge in [0.2, 0.25) is 5.91 Å². The molecule has 0 aliphatic heterocycles. The maximum Gasteiger partial charge on any atom is 0.326 e. The molecule has 6 nitrogen and oxygen atoms in total. The van der Waals surface area contributed by atoms with Crippen LogP contribution in [0.5, 0.6) is 5.75 Å². The molecule has 1 unspecified atom stereocenters. The quantitative estimate of drug-likeness (QED) is 0.716. The number of amides is 1. The van der Waals surface area contributed by atoms with Gasteiger partial charge in [0.25, 0.3) is 0 Å². The Morgan fingerprint density at radius 1 is 1.27 bits per heavy atom. The summed E-state index contributed by atoms with van der Waals surface area (Å²) in [5.41, 5.74) is 1.35. The fraction of sp³-hybridized carbons (Fsp3) is 0.438. The van der Waals surface area contributed by atoms with E-state index in [1.165, 1.54) is 7.11 Å². The van der Waals surface area contributed by atoms with Gasteiger partial charge in [-0.25, -0.2) is 4.79 Å². The molecule has 0 spiro atoms. The molecule has 0 fully saturated rings. The van der Waals surface area contributed by atoms with Crippen molar-refractivity contribution in [2.45, 2.75) is 39.2 Å². The molecule has 120 valence electrons. The Balaban J connectivity index is 2.65. The van der Waals surface area contributed by atoms with Crippen LogP contribution in [0.1, 0.15) is 42.1 Å². The number of ether oxygens (including phenoxy) is 1. The zero-order chi connectivity index (χ0) is 16.7. The van der Waals surface area contributed by atoms with Crippen molar-refractivity contribution >= 4 is 17.7 Å². The Kier molecular flexibility index (Phi) is 6.56. The number of carbonyl (C=O) groups excluding carboxylic acids is 2. The third-order valence-electron chi connectivity index (χ3n) is 3.28. The maximum absolute atomic E-state index is 12.2. The van der Waals surface area contributed by atoms with Gasteiger partial charge in [-0.1, -0.05) is 18.6 Å². The van der Waals surface area contributed by atoms with Gasteiger partial charge in [-0.3, -0.25) is 9.59 Å². The van der Waals surface area contributed by atoms with Crippen LogP contribution in [0.3, 0.4) is 0 Å². The number of aryl methyl sites for hydroxylation is 1. The Labute approximate surface area is 129 Å². The summed E-state index contributed by atoms with van der Waals surface area (Å²) < 4.78 is 5.14. The summed E-state index contributed by atoms with van der Waals surface area (Å²) in [5.74, 6) is -1.27. The maximum atomic E-state index is 12.2. The first-order valence-corrected chi connectivity index (χ1v) is 7.09. The zero-order valence-corrected chi connectivity index (χ0v) is 13.0. The van der Waals surface area contributed by atoms with Crippen molar-refractivity contribution < 1.29 is 24.2 Å². The van der Waals surface area contributed by atoms with Crippen molar-refractivity contribution in [1.82, 2.24) is 5.32 Å². The van der Waals surface area contributed by atoms with Gasteiger partial charge in [-0.05, 0) is 25.5 Å². The van der Waals surface area contributed by atoms with Crippen LogP contribution >= 0.6 is 0 Å². The number of carboxylic acid groups (broad SMARTS) is 1. The summed E-state index contributed by atoms with van der Waals surface area (Å²) in [5, 5.41) is 11.3. The Hall–Kier alpha value is -2.37. The molecule has 1 amide bonds. The molecule has 1 aromatic rings. The second kappa shape index (κ2) is 8.17. The second-order valence-electron chi connectivity index (χ2n) is 4.99. The zero-order valence-electron chi connectivity index (χ0n) is 13.0. The van der Waals surface area contributed by atoms with Gasteiger partial charge >= 0.3 is 5.97 Å². The lowest BCUT2D eigenvalue weighted by Gasteiger charge is -2.12. The van der Waals surface area contributed by atoms with Crippen LogP contribution < -0.4 is 10.1 Å². The molecule has 1 rings (SSSR count). The Morgan fingerprint density at radius 2 is 1.95 bits per heavy atom. The van der Waals surface area contributed by atoms with E-state index in [1.807, 2.05) is 13.0 Å². The first-order chi connectivity index (χ1) is 10.4. The average Bonchev–Trinajstić information content (AvgIpc) is 2.49. The summed E-state index contributed by atoms with van der Waals surface area (Å²) in [7, 11) is 1.48. The van der Waals surface area contributed by atoms with Crippen LogP contribution in [-0.2, 0) is 9.59 Å². The number of methoxy groups -OCH3 is 1. The van der Waals surface area contributed by atoms with E-state index in [9.17, 15) is 14.4 Å². The third-order valence-corrected chi connectivity index (χ3v) is 3.28. The van der Waals surface area contributed by atoms with Crippen LogP contribution in [0, 0.1) is 6.92 Å². The standard InChI is InChI=1S/C16H21NO5/c1-4-12(16(20)21)17-15(19)8-6-13(18)11-9-10(2)5-7-14(11)22-3/h5,7,9,12H,4,6,8H2,1-3H3,(H,17,19)(H,20,21). The fourth-order valence-electron chi connectivity index (χ4n) is 2.01. The molecule has 1 atom stereocenters. The van der Waals surface area contributed by atoms with E-state index in [0.29, 0.717) is 17.7 Å². The van der Waals surface area contributed by atoms with E-state index >= 15 is 0 Å². The largest absolute Gasteiger partial charge is 0.496 e. The first kappa shape index (κ1) is 17.7. The minimum Gasteiger partial charge on any atom is -0.496 e. The van der Waals surface area contributed by atoms with Crippen molar-refractivity contribution in [2.24, 2.45) is 0 Å². The molecule has 0 saturated carbocycles. The fourth-order valence-corrected chi connectivity index (χ4v) is 2.01. The molecule has 0 heterocycles. The van der Waals surface area contributed by atoms with E-state index in [0.717, 1.165) is 5.56 Å². The molecule has 22 heavy (non-hydrogen) atoms. The molecular formula is C16H21NO5. The molecule has 0 aliphatic rings. The summed E-state index contributed by atoms with van der Waals surface area (Å²) >= 11 is 0. The Morgan fingerprint density at radius 3 is 2.50 bits per heavy atom. The van der Waals surface area contributed by atoms with Gasteiger partial charge in [0.1, 0.15) is 11.8 Å². The van der Waals surface area contributed by atoms with Crippen LogP contribution in [0.2, 0.25) is 0 Å². The highest BCUT2D eigenvalue weighted by molar-refractivity contribution is 6.00. The van der Waals surface area contributed by atoms with Crippen LogP contribution in [0.4, 0.5) is 0 Å².